The fourth-order valence-electron chi connectivity index (χ4n) is 1.74. The van der Waals surface area contributed by atoms with Crippen molar-refractivity contribution in [3.05, 3.63) is 54.1 Å². The second-order valence-corrected chi connectivity index (χ2v) is 4.88. The Kier molecular flexibility index (Phi) is 4.05. The number of benzene rings is 2. The van der Waals surface area contributed by atoms with Gasteiger partial charge in [-0.3, -0.25) is 4.79 Å². The molecule has 0 spiro atoms. The molecule has 0 fully saturated rings. The van der Waals surface area contributed by atoms with Gasteiger partial charge in [0.2, 0.25) is 0 Å². The molecule has 0 atom stereocenters. The lowest BCUT2D eigenvalue weighted by molar-refractivity contribution is 0.112. The number of anilines is 1. The molecule has 0 aromatic heterocycles. The Balaban J connectivity index is 2.34. The quantitative estimate of drug-likeness (QED) is 0.612. The minimum atomic E-state index is 0.705. The molecule has 2 nitrogen and oxygen atoms in total. The minimum Gasteiger partial charge on any atom is -0.320 e. The van der Waals surface area contributed by atoms with Crippen molar-refractivity contribution >= 4 is 23.9 Å². The van der Waals surface area contributed by atoms with Gasteiger partial charge >= 0.3 is 0 Å². The third kappa shape index (κ3) is 2.74. The van der Waals surface area contributed by atoms with Crippen molar-refractivity contribution in [2.75, 3.05) is 17.6 Å². The molecule has 0 aliphatic rings. The molecule has 2 aromatic carbocycles. The first-order valence-electron chi connectivity index (χ1n) is 5.68. The molecule has 0 amide bonds. The van der Waals surface area contributed by atoms with Gasteiger partial charge in [-0.25, -0.2) is 0 Å². The Hall–Kier alpha value is -1.74. The Morgan fingerprint density at radius 1 is 1.06 bits per heavy atom. The second kappa shape index (κ2) is 5.74. The summed E-state index contributed by atoms with van der Waals surface area (Å²) in [6.07, 6.45) is 2.91. The van der Waals surface area contributed by atoms with Gasteiger partial charge < -0.3 is 4.31 Å². The van der Waals surface area contributed by atoms with E-state index < -0.39 is 0 Å². The lowest BCUT2D eigenvalue weighted by Crippen LogP contribution is -2.04. The van der Waals surface area contributed by atoms with Crippen molar-refractivity contribution in [2.24, 2.45) is 0 Å². The first-order chi connectivity index (χ1) is 8.74. The van der Waals surface area contributed by atoms with Gasteiger partial charge in [-0.1, -0.05) is 48.3 Å². The highest BCUT2D eigenvalue weighted by molar-refractivity contribution is 7.99. The van der Waals surface area contributed by atoms with Crippen molar-refractivity contribution in [3.8, 4) is 11.1 Å². The van der Waals surface area contributed by atoms with Crippen molar-refractivity contribution in [1.82, 2.24) is 0 Å². The largest absolute Gasteiger partial charge is 0.320 e. The van der Waals surface area contributed by atoms with Gasteiger partial charge in [0.25, 0.3) is 0 Å². The van der Waals surface area contributed by atoms with Gasteiger partial charge in [0.1, 0.15) is 6.29 Å². The molecule has 0 saturated carbocycles. The van der Waals surface area contributed by atoms with Crippen LogP contribution in [0.25, 0.3) is 11.1 Å². The molecule has 0 aliphatic heterocycles. The lowest BCUT2D eigenvalue weighted by Gasteiger charge is -2.16. The highest BCUT2D eigenvalue weighted by Crippen LogP contribution is 2.26. The molecular weight excluding hydrogens is 242 g/mol. The van der Waals surface area contributed by atoms with Crippen LogP contribution in [0.1, 0.15) is 10.4 Å². The summed E-state index contributed by atoms with van der Waals surface area (Å²) < 4.78 is 2.11. The van der Waals surface area contributed by atoms with E-state index in [0.717, 1.165) is 17.4 Å². The van der Waals surface area contributed by atoms with Crippen molar-refractivity contribution in [1.29, 1.82) is 0 Å². The van der Waals surface area contributed by atoms with Crippen LogP contribution >= 0.6 is 11.9 Å². The molecule has 18 heavy (non-hydrogen) atoms. The van der Waals surface area contributed by atoms with E-state index in [1.165, 1.54) is 5.69 Å². The Bertz CT molecular complexity index is 536. The van der Waals surface area contributed by atoms with Crippen LogP contribution in [0.4, 0.5) is 5.69 Å². The van der Waals surface area contributed by atoms with Gasteiger partial charge in [-0.15, -0.1) is 0 Å². The van der Waals surface area contributed by atoms with E-state index in [1.54, 1.807) is 11.9 Å². The van der Waals surface area contributed by atoms with Crippen LogP contribution in [0.3, 0.4) is 0 Å². The number of hydrogen-bond donors (Lipinski definition) is 0. The second-order valence-electron chi connectivity index (χ2n) is 3.97. The number of aldehydes is 1. The zero-order valence-corrected chi connectivity index (χ0v) is 11.3. The summed E-state index contributed by atoms with van der Waals surface area (Å²) in [7, 11) is 2.04. The molecule has 3 heteroatoms. The van der Waals surface area contributed by atoms with Crippen LogP contribution in [0.15, 0.2) is 48.5 Å². The fraction of sp³-hybridized carbons (Fsp3) is 0.133. The van der Waals surface area contributed by atoms with E-state index in [4.69, 9.17) is 0 Å². The highest BCUT2D eigenvalue weighted by atomic mass is 32.2. The maximum Gasteiger partial charge on any atom is 0.150 e. The van der Waals surface area contributed by atoms with Gasteiger partial charge in [-0.05, 0) is 23.3 Å². The molecular formula is C15H15NOS. The number of carbonyl (C=O) groups excluding carboxylic acids is 1. The van der Waals surface area contributed by atoms with Gasteiger partial charge in [0.15, 0.2) is 0 Å². The van der Waals surface area contributed by atoms with Crippen LogP contribution < -0.4 is 4.31 Å². The molecule has 0 N–H and O–H groups in total. The maximum atomic E-state index is 10.6. The van der Waals surface area contributed by atoms with Gasteiger partial charge in [0, 0.05) is 24.6 Å². The molecule has 0 aliphatic carbocycles. The Morgan fingerprint density at radius 3 is 2.39 bits per heavy atom. The standard InChI is InChI=1S/C15H15NOS/c1-16(18-2)15-5-3-4-14(10-15)13-8-6-12(11-17)7-9-13/h3-11H,1-2H3. The van der Waals surface area contributed by atoms with E-state index in [2.05, 4.69) is 22.5 Å². The van der Waals surface area contributed by atoms with Crippen molar-refractivity contribution in [3.63, 3.8) is 0 Å². The summed E-state index contributed by atoms with van der Waals surface area (Å²) in [4.78, 5) is 10.6. The average molecular weight is 257 g/mol. The van der Waals surface area contributed by atoms with Crippen LogP contribution in [0.2, 0.25) is 0 Å². The predicted molar refractivity (Wildman–Crippen MR) is 79.2 cm³/mol. The zero-order chi connectivity index (χ0) is 13.0. The summed E-state index contributed by atoms with van der Waals surface area (Å²) in [6.45, 7) is 0. The number of rotatable bonds is 4. The molecule has 0 heterocycles. The van der Waals surface area contributed by atoms with E-state index in [0.29, 0.717) is 5.56 Å². The lowest BCUT2D eigenvalue weighted by atomic mass is 10.0. The van der Waals surface area contributed by atoms with Crippen LogP contribution in [-0.4, -0.2) is 19.6 Å². The first-order valence-corrected chi connectivity index (χ1v) is 6.86. The molecule has 2 aromatic rings. The maximum absolute atomic E-state index is 10.6. The fourth-order valence-corrected chi connectivity index (χ4v) is 2.07. The van der Waals surface area contributed by atoms with Gasteiger partial charge in [0.05, 0.1) is 0 Å². The van der Waals surface area contributed by atoms with Crippen LogP contribution in [0, 0.1) is 0 Å². The summed E-state index contributed by atoms with van der Waals surface area (Å²) in [6, 6.07) is 16.0. The van der Waals surface area contributed by atoms with E-state index in [1.807, 2.05) is 43.6 Å². The third-order valence-corrected chi connectivity index (χ3v) is 3.62. The zero-order valence-electron chi connectivity index (χ0n) is 10.5. The average Bonchev–Trinajstić information content (AvgIpc) is 2.46. The summed E-state index contributed by atoms with van der Waals surface area (Å²) >= 11 is 1.67. The predicted octanol–water partition coefficient (Wildman–Crippen LogP) is 3.88. The number of carbonyl (C=O) groups is 1. The molecule has 0 saturated heterocycles. The molecule has 0 radical (unpaired) electrons. The Labute approximate surface area is 112 Å². The normalized spacial score (nSPS) is 10.1. The van der Waals surface area contributed by atoms with Crippen LogP contribution in [0.5, 0.6) is 0 Å². The number of nitrogens with zero attached hydrogens (tertiary/aromatic N) is 1. The summed E-state index contributed by atoms with van der Waals surface area (Å²) in [5.74, 6) is 0. The van der Waals surface area contributed by atoms with Crippen molar-refractivity contribution in [2.45, 2.75) is 0 Å². The molecule has 92 valence electrons. The Morgan fingerprint density at radius 2 is 1.78 bits per heavy atom. The van der Waals surface area contributed by atoms with E-state index in [9.17, 15) is 4.79 Å². The molecule has 2 rings (SSSR count). The highest BCUT2D eigenvalue weighted by Gasteiger charge is 2.02. The summed E-state index contributed by atoms with van der Waals surface area (Å²) in [5.41, 5.74) is 4.15. The number of hydrogen-bond acceptors (Lipinski definition) is 3. The molecule has 0 bridgehead atoms. The van der Waals surface area contributed by atoms with E-state index in [-0.39, 0.29) is 0 Å². The molecule has 0 unspecified atom stereocenters. The van der Waals surface area contributed by atoms with E-state index >= 15 is 0 Å². The first kappa shape index (κ1) is 12.7. The van der Waals surface area contributed by atoms with Gasteiger partial charge in [-0.2, -0.15) is 0 Å². The topological polar surface area (TPSA) is 20.3 Å². The summed E-state index contributed by atoms with van der Waals surface area (Å²) in [5, 5.41) is 0. The monoisotopic (exact) mass is 257 g/mol. The smallest absolute Gasteiger partial charge is 0.150 e. The SMILES string of the molecule is CSN(C)c1cccc(-c2ccc(C=O)cc2)c1. The van der Waals surface area contributed by atoms with Crippen LogP contribution in [-0.2, 0) is 0 Å². The third-order valence-electron chi connectivity index (χ3n) is 2.86. The van der Waals surface area contributed by atoms with Crippen molar-refractivity contribution < 1.29 is 4.79 Å². The minimum absolute atomic E-state index is 0.705.